The highest BCUT2D eigenvalue weighted by Gasteiger charge is 2.22. The smallest absolute Gasteiger partial charge is 0.192 e. The average Bonchev–Trinajstić information content (AvgIpc) is 3.39. The predicted octanol–water partition coefficient (Wildman–Crippen LogP) is 5.11. The molecular formula is C21H17BrN4O2S. The number of halogens is 1. The summed E-state index contributed by atoms with van der Waals surface area (Å²) in [6.07, 6.45) is 5.09. The molecule has 8 heteroatoms. The molecule has 0 aliphatic carbocycles. The highest BCUT2D eigenvalue weighted by molar-refractivity contribution is 9.10. The summed E-state index contributed by atoms with van der Waals surface area (Å²) in [6, 6.07) is 14.9. The largest absolute Gasteiger partial charge is 0.467 e. The number of furan rings is 1. The fourth-order valence-corrected chi connectivity index (χ4v) is 4.04. The summed E-state index contributed by atoms with van der Waals surface area (Å²) in [6.45, 7) is 2.34. The highest BCUT2D eigenvalue weighted by Crippen LogP contribution is 2.29. The van der Waals surface area contributed by atoms with Crippen LogP contribution in [0.4, 0.5) is 0 Å². The first-order valence-electron chi connectivity index (χ1n) is 8.94. The van der Waals surface area contributed by atoms with Crippen molar-refractivity contribution in [2.45, 2.75) is 23.9 Å². The normalized spacial score (nSPS) is 12.1. The van der Waals surface area contributed by atoms with Gasteiger partial charge in [-0.15, -0.1) is 10.2 Å². The molecule has 0 radical (unpaired) electrons. The van der Waals surface area contributed by atoms with Crippen LogP contribution in [0.3, 0.4) is 0 Å². The zero-order valence-electron chi connectivity index (χ0n) is 15.5. The quantitative estimate of drug-likeness (QED) is 0.277. The third-order valence-corrected chi connectivity index (χ3v) is 5.92. The number of thioether (sulfide) groups is 1. The second-order valence-electron chi connectivity index (χ2n) is 6.34. The van der Waals surface area contributed by atoms with Gasteiger partial charge in [-0.25, -0.2) is 0 Å². The SMILES string of the molecule is C[C@H](Sc1nnc(-c2cccnc2)n1Cc1ccco1)C(=O)c1ccc(Br)cc1. The van der Waals surface area contributed by atoms with Gasteiger partial charge in [-0.05, 0) is 43.3 Å². The Morgan fingerprint density at radius 3 is 2.69 bits per heavy atom. The Balaban J connectivity index is 1.63. The maximum Gasteiger partial charge on any atom is 0.192 e. The van der Waals surface area contributed by atoms with E-state index in [0.717, 1.165) is 15.8 Å². The highest BCUT2D eigenvalue weighted by atomic mass is 79.9. The number of hydrogen-bond acceptors (Lipinski definition) is 6. The van der Waals surface area contributed by atoms with Crippen molar-refractivity contribution < 1.29 is 9.21 Å². The fourth-order valence-electron chi connectivity index (χ4n) is 2.85. The van der Waals surface area contributed by atoms with Gasteiger partial charge in [-0.2, -0.15) is 0 Å². The van der Waals surface area contributed by atoms with Crippen molar-refractivity contribution in [3.8, 4) is 11.4 Å². The van der Waals surface area contributed by atoms with Crippen LogP contribution in [0.1, 0.15) is 23.0 Å². The second-order valence-corrected chi connectivity index (χ2v) is 8.57. The van der Waals surface area contributed by atoms with E-state index in [1.54, 1.807) is 18.7 Å². The first kappa shape index (κ1) is 19.6. The van der Waals surface area contributed by atoms with E-state index in [1.165, 1.54) is 11.8 Å². The molecule has 3 heterocycles. The molecule has 0 N–H and O–H groups in total. The number of benzene rings is 1. The van der Waals surface area contributed by atoms with E-state index in [2.05, 4.69) is 31.1 Å². The number of carbonyl (C=O) groups excluding carboxylic acids is 1. The molecule has 0 saturated carbocycles. The maximum absolute atomic E-state index is 12.8. The molecule has 0 amide bonds. The molecular weight excluding hydrogens is 452 g/mol. The van der Waals surface area contributed by atoms with E-state index in [9.17, 15) is 4.79 Å². The summed E-state index contributed by atoms with van der Waals surface area (Å²) in [5.74, 6) is 1.50. The van der Waals surface area contributed by atoms with Gasteiger partial charge in [0, 0.05) is 28.0 Å². The summed E-state index contributed by atoms with van der Waals surface area (Å²) >= 11 is 4.78. The van der Waals surface area contributed by atoms with Gasteiger partial charge in [0.15, 0.2) is 16.8 Å². The molecule has 0 spiro atoms. The molecule has 4 aromatic rings. The van der Waals surface area contributed by atoms with Crippen molar-refractivity contribution in [3.05, 3.63) is 83.0 Å². The second kappa shape index (κ2) is 8.75. The number of nitrogens with zero attached hydrogens (tertiary/aromatic N) is 4. The number of Topliss-reactive ketones (excluding diaryl/α,β-unsaturated/α-hetero) is 1. The zero-order valence-corrected chi connectivity index (χ0v) is 17.9. The monoisotopic (exact) mass is 468 g/mol. The van der Waals surface area contributed by atoms with Crippen molar-refractivity contribution in [1.82, 2.24) is 19.7 Å². The summed E-state index contributed by atoms with van der Waals surface area (Å²) in [5.41, 5.74) is 1.52. The van der Waals surface area contributed by atoms with Gasteiger partial charge in [0.1, 0.15) is 5.76 Å². The topological polar surface area (TPSA) is 73.8 Å². The Morgan fingerprint density at radius 2 is 2.00 bits per heavy atom. The van der Waals surface area contributed by atoms with E-state index in [4.69, 9.17) is 4.42 Å². The number of pyridine rings is 1. The molecule has 29 heavy (non-hydrogen) atoms. The molecule has 1 aromatic carbocycles. The van der Waals surface area contributed by atoms with Crippen LogP contribution in [-0.4, -0.2) is 30.8 Å². The molecule has 0 aliphatic rings. The van der Waals surface area contributed by atoms with Gasteiger partial charge in [0.2, 0.25) is 0 Å². The van der Waals surface area contributed by atoms with Gasteiger partial charge in [0.05, 0.1) is 18.1 Å². The first-order valence-corrected chi connectivity index (χ1v) is 10.6. The summed E-state index contributed by atoms with van der Waals surface area (Å²) in [4.78, 5) is 17.0. The zero-order chi connectivity index (χ0) is 20.2. The number of hydrogen-bond donors (Lipinski definition) is 0. The van der Waals surface area contributed by atoms with Gasteiger partial charge >= 0.3 is 0 Å². The molecule has 146 valence electrons. The molecule has 0 saturated heterocycles. The van der Waals surface area contributed by atoms with E-state index >= 15 is 0 Å². The van der Waals surface area contributed by atoms with Crippen molar-refractivity contribution in [2.24, 2.45) is 0 Å². The Bertz CT molecular complexity index is 1100. The van der Waals surface area contributed by atoms with Crippen molar-refractivity contribution in [3.63, 3.8) is 0 Å². The molecule has 0 bridgehead atoms. The Hall–Kier alpha value is -2.71. The van der Waals surface area contributed by atoms with E-state index in [0.29, 0.717) is 23.1 Å². The van der Waals surface area contributed by atoms with E-state index < -0.39 is 0 Å². The number of carbonyl (C=O) groups is 1. The van der Waals surface area contributed by atoms with Crippen molar-refractivity contribution in [2.75, 3.05) is 0 Å². The summed E-state index contributed by atoms with van der Waals surface area (Å²) < 4.78 is 8.40. The standard InChI is InChI=1S/C21H17BrN4O2S/c1-14(19(27)15-6-8-17(22)9-7-15)29-21-25-24-20(16-4-2-10-23-12-16)26(21)13-18-5-3-11-28-18/h2-12,14H,13H2,1H3/t14-/m0/s1. The predicted molar refractivity (Wildman–Crippen MR) is 115 cm³/mol. The van der Waals surface area contributed by atoms with Crippen LogP contribution in [0.25, 0.3) is 11.4 Å². The average molecular weight is 469 g/mol. The van der Waals surface area contributed by atoms with Crippen LogP contribution in [0.15, 0.2) is 81.2 Å². The molecule has 0 unspecified atom stereocenters. The van der Waals surface area contributed by atoms with Crippen LogP contribution in [0, 0.1) is 0 Å². The summed E-state index contributed by atoms with van der Waals surface area (Å²) in [7, 11) is 0. The minimum atomic E-state index is -0.322. The van der Waals surface area contributed by atoms with Crippen molar-refractivity contribution >= 4 is 33.5 Å². The number of aromatic nitrogens is 4. The molecule has 3 aromatic heterocycles. The Morgan fingerprint density at radius 1 is 1.17 bits per heavy atom. The molecule has 6 nitrogen and oxygen atoms in total. The Labute approximate surface area is 180 Å². The Kier molecular flexibility index (Phi) is 5.92. The van der Waals surface area contributed by atoms with Gasteiger partial charge in [0.25, 0.3) is 0 Å². The lowest BCUT2D eigenvalue weighted by Crippen LogP contribution is -2.15. The van der Waals surface area contributed by atoms with Crippen LogP contribution < -0.4 is 0 Å². The summed E-state index contributed by atoms with van der Waals surface area (Å²) in [5, 5.41) is 9.04. The lowest BCUT2D eigenvalue weighted by Gasteiger charge is -2.12. The van der Waals surface area contributed by atoms with Gasteiger partial charge in [-0.3, -0.25) is 14.3 Å². The lowest BCUT2D eigenvalue weighted by molar-refractivity contribution is 0.0994. The number of ketones is 1. The third kappa shape index (κ3) is 4.49. The minimum Gasteiger partial charge on any atom is -0.467 e. The molecule has 1 atom stereocenters. The van der Waals surface area contributed by atoms with E-state index in [-0.39, 0.29) is 11.0 Å². The molecule has 0 fully saturated rings. The van der Waals surface area contributed by atoms with Crippen LogP contribution >= 0.6 is 27.7 Å². The van der Waals surface area contributed by atoms with Crippen LogP contribution in [0.2, 0.25) is 0 Å². The molecule has 0 aliphatic heterocycles. The van der Waals surface area contributed by atoms with E-state index in [1.807, 2.05) is 60.0 Å². The van der Waals surface area contributed by atoms with Gasteiger partial charge < -0.3 is 4.42 Å². The maximum atomic E-state index is 12.8. The lowest BCUT2D eigenvalue weighted by atomic mass is 10.1. The first-order chi connectivity index (χ1) is 14.1. The van der Waals surface area contributed by atoms with Crippen LogP contribution in [-0.2, 0) is 6.54 Å². The third-order valence-electron chi connectivity index (χ3n) is 4.31. The minimum absolute atomic E-state index is 0.0398. The fraction of sp³-hybridized carbons (Fsp3) is 0.143. The molecule has 4 rings (SSSR count). The number of rotatable bonds is 7. The van der Waals surface area contributed by atoms with Crippen LogP contribution in [0.5, 0.6) is 0 Å². The van der Waals surface area contributed by atoms with Gasteiger partial charge in [-0.1, -0.05) is 39.8 Å². The van der Waals surface area contributed by atoms with Crippen molar-refractivity contribution in [1.29, 1.82) is 0 Å².